The third kappa shape index (κ3) is 4.67. The normalized spacial score (nSPS) is 33.1. The van der Waals surface area contributed by atoms with Crippen molar-refractivity contribution in [2.75, 3.05) is 37.6 Å². The molecule has 5 fully saturated rings. The molecule has 0 aromatic carbocycles. The van der Waals surface area contributed by atoms with Gasteiger partial charge in [0.15, 0.2) is 0 Å². The Hall–Kier alpha value is -2.56. The van der Waals surface area contributed by atoms with Crippen LogP contribution < -0.4 is 15.5 Å². The number of halogens is 3. The third-order valence-corrected chi connectivity index (χ3v) is 8.11. The first-order chi connectivity index (χ1) is 16.1. The Bertz CT molecular complexity index is 917. The van der Waals surface area contributed by atoms with Crippen molar-refractivity contribution in [1.29, 1.82) is 0 Å². The standard InChI is InChI=1S/C23H30F3N5O3/c24-23(25,26)17-1-2-18(27-12-17)31-5-3-30(4-6-31)13-19(32)28-20-15-7-14-8-16(20)11-22(9-14,10-15)29-21(33)34/h1-2,12,14-16,20,29H,3-11,13H2,(H,28,32)(H,33,34)/t14?,15-,16+,20?,22?. The van der Waals surface area contributed by atoms with Gasteiger partial charge in [0.05, 0.1) is 12.1 Å². The van der Waals surface area contributed by atoms with E-state index in [-0.39, 0.29) is 24.0 Å². The maximum atomic E-state index is 12.8. The van der Waals surface area contributed by atoms with E-state index in [0.717, 1.165) is 44.4 Å². The fourth-order valence-corrected chi connectivity index (χ4v) is 6.95. The van der Waals surface area contributed by atoms with Crippen LogP contribution >= 0.6 is 0 Å². The topological polar surface area (TPSA) is 97.8 Å². The minimum Gasteiger partial charge on any atom is -0.465 e. The third-order valence-electron chi connectivity index (χ3n) is 8.11. The second-order valence-electron chi connectivity index (χ2n) is 10.4. The molecular weight excluding hydrogens is 451 g/mol. The van der Waals surface area contributed by atoms with Crippen LogP contribution in [0.15, 0.2) is 18.3 Å². The summed E-state index contributed by atoms with van der Waals surface area (Å²) in [4.78, 5) is 32.1. The van der Waals surface area contributed by atoms with E-state index in [1.807, 2.05) is 4.90 Å². The molecule has 1 aromatic rings. The fourth-order valence-electron chi connectivity index (χ4n) is 6.95. The van der Waals surface area contributed by atoms with E-state index in [4.69, 9.17) is 0 Å². The van der Waals surface area contributed by atoms with E-state index >= 15 is 0 Å². The van der Waals surface area contributed by atoms with E-state index in [1.165, 1.54) is 6.07 Å². The summed E-state index contributed by atoms with van der Waals surface area (Å²) in [6.07, 6.45) is 0.0653. The number of hydrogen-bond acceptors (Lipinski definition) is 5. The predicted molar refractivity (Wildman–Crippen MR) is 117 cm³/mol. The summed E-state index contributed by atoms with van der Waals surface area (Å²) < 4.78 is 38.2. The number of piperazine rings is 1. The van der Waals surface area contributed by atoms with Crippen LogP contribution in [0.5, 0.6) is 0 Å². The summed E-state index contributed by atoms with van der Waals surface area (Å²) in [7, 11) is 0. The average molecular weight is 482 g/mol. The van der Waals surface area contributed by atoms with Gasteiger partial charge in [-0.1, -0.05) is 0 Å². The molecule has 11 heteroatoms. The van der Waals surface area contributed by atoms with Gasteiger partial charge in [0.25, 0.3) is 0 Å². The molecule has 1 saturated heterocycles. The van der Waals surface area contributed by atoms with E-state index in [1.54, 1.807) is 0 Å². The SMILES string of the molecule is O=C(O)NC12CC3C[C@H](C1)C(NC(=O)CN1CCN(c4ccc(C(F)(F)F)cn4)CC1)[C@@H](C3)C2. The predicted octanol–water partition coefficient (Wildman–Crippen LogP) is 2.55. The van der Waals surface area contributed by atoms with Gasteiger partial charge in [-0.3, -0.25) is 9.69 Å². The lowest BCUT2D eigenvalue weighted by Crippen LogP contribution is -2.67. The summed E-state index contributed by atoms with van der Waals surface area (Å²) in [5.74, 6) is 1.65. The average Bonchev–Trinajstić information content (AvgIpc) is 2.75. The zero-order valence-electron chi connectivity index (χ0n) is 18.9. The Morgan fingerprint density at radius 2 is 1.76 bits per heavy atom. The molecule has 4 saturated carbocycles. The van der Waals surface area contributed by atoms with E-state index in [0.29, 0.717) is 49.8 Å². The van der Waals surface area contributed by atoms with Gasteiger partial charge in [-0.25, -0.2) is 9.78 Å². The monoisotopic (exact) mass is 481 g/mol. The quantitative estimate of drug-likeness (QED) is 0.598. The molecule has 5 aliphatic rings. The van der Waals surface area contributed by atoms with Gasteiger partial charge >= 0.3 is 12.3 Å². The Morgan fingerprint density at radius 1 is 1.09 bits per heavy atom. The van der Waals surface area contributed by atoms with Gasteiger partial charge in [0.2, 0.25) is 5.91 Å². The van der Waals surface area contributed by atoms with Crippen LogP contribution in [-0.4, -0.2) is 71.3 Å². The van der Waals surface area contributed by atoms with Crippen molar-refractivity contribution < 1.29 is 27.9 Å². The van der Waals surface area contributed by atoms with Gasteiger partial charge in [0, 0.05) is 44.0 Å². The number of amides is 2. The van der Waals surface area contributed by atoms with Crippen LogP contribution in [0, 0.1) is 17.8 Å². The minimum atomic E-state index is -4.40. The molecule has 34 heavy (non-hydrogen) atoms. The molecule has 4 bridgehead atoms. The van der Waals surface area contributed by atoms with Gasteiger partial charge in [0.1, 0.15) is 5.82 Å². The Morgan fingerprint density at radius 3 is 2.32 bits per heavy atom. The molecule has 1 aromatic heterocycles. The molecule has 3 N–H and O–H groups in total. The van der Waals surface area contributed by atoms with Gasteiger partial charge in [-0.2, -0.15) is 13.2 Å². The van der Waals surface area contributed by atoms with Crippen LogP contribution in [0.4, 0.5) is 23.8 Å². The minimum absolute atomic E-state index is 0.0150. The zero-order chi connectivity index (χ0) is 24.1. The molecular formula is C23H30F3N5O3. The number of alkyl halides is 3. The summed E-state index contributed by atoms with van der Waals surface area (Å²) in [6, 6.07) is 2.54. The Balaban J connectivity index is 1.11. The summed E-state index contributed by atoms with van der Waals surface area (Å²) in [5, 5.41) is 15.3. The highest BCUT2D eigenvalue weighted by atomic mass is 19.4. The second kappa shape index (κ2) is 8.58. The molecule has 2 heterocycles. The zero-order valence-corrected chi connectivity index (χ0v) is 18.9. The van der Waals surface area contributed by atoms with Crippen molar-refractivity contribution in [1.82, 2.24) is 20.5 Å². The van der Waals surface area contributed by atoms with E-state index in [2.05, 4.69) is 20.5 Å². The van der Waals surface area contributed by atoms with Gasteiger partial charge < -0.3 is 20.6 Å². The molecule has 3 unspecified atom stereocenters. The second-order valence-corrected chi connectivity index (χ2v) is 10.4. The number of rotatable bonds is 5. The van der Waals surface area contributed by atoms with Crippen LogP contribution in [0.1, 0.15) is 37.7 Å². The lowest BCUT2D eigenvalue weighted by atomic mass is 9.51. The highest BCUT2D eigenvalue weighted by Gasteiger charge is 2.56. The number of nitrogens with zero attached hydrogens (tertiary/aromatic N) is 3. The van der Waals surface area contributed by atoms with Crippen LogP contribution in [-0.2, 0) is 11.0 Å². The lowest BCUT2D eigenvalue weighted by molar-refractivity contribution is -0.137. The molecule has 6 rings (SSSR count). The van der Waals surface area contributed by atoms with Gasteiger partial charge in [-0.15, -0.1) is 0 Å². The molecule has 2 amide bonds. The number of carboxylic acid groups (broad SMARTS) is 1. The molecule has 8 nitrogen and oxygen atoms in total. The Kier molecular flexibility index (Phi) is 5.86. The smallest absolute Gasteiger partial charge is 0.417 e. The number of hydrogen-bond donors (Lipinski definition) is 3. The van der Waals surface area contributed by atoms with Crippen molar-refractivity contribution in [2.24, 2.45) is 17.8 Å². The highest BCUT2D eigenvalue weighted by molar-refractivity contribution is 5.78. The molecule has 0 radical (unpaired) electrons. The van der Waals surface area contributed by atoms with Crippen LogP contribution in [0.2, 0.25) is 0 Å². The first kappa shape index (κ1) is 23.2. The van der Waals surface area contributed by atoms with Crippen LogP contribution in [0.3, 0.4) is 0 Å². The largest absolute Gasteiger partial charge is 0.465 e. The molecule has 0 spiro atoms. The van der Waals surface area contributed by atoms with Crippen molar-refractivity contribution in [3.8, 4) is 0 Å². The summed E-state index contributed by atoms with van der Waals surface area (Å²) in [6.45, 7) is 2.71. The first-order valence-electron chi connectivity index (χ1n) is 11.9. The number of aromatic nitrogens is 1. The lowest BCUT2D eigenvalue weighted by Gasteiger charge is -2.59. The van der Waals surface area contributed by atoms with E-state index in [9.17, 15) is 27.9 Å². The van der Waals surface area contributed by atoms with Crippen LogP contribution in [0.25, 0.3) is 0 Å². The Labute approximate surface area is 195 Å². The number of carbonyl (C=O) groups excluding carboxylic acids is 1. The van der Waals surface area contributed by atoms with Crippen molar-refractivity contribution >= 4 is 17.8 Å². The molecule has 5 atom stereocenters. The van der Waals surface area contributed by atoms with Crippen molar-refractivity contribution in [3.05, 3.63) is 23.9 Å². The first-order valence-corrected chi connectivity index (χ1v) is 11.9. The molecule has 4 aliphatic carbocycles. The number of carbonyl (C=O) groups is 2. The maximum absolute atomic E-state index is 12.8. The number of pyridine rings is 1. The molecule has 186 valence electrons. The fraction of sp³-hybridized carbons (Fsp3) is 0.696. The number of nitrogens with one attached hydrogen (secondary N) is 2. The summed E-state index contributed by atoms with van der Waals surface area (Å²) in [5.41, 5.74) is -1.09. The molecule has 1 aliphatic heterocycles. The van der Waals surface area contributed by atoms with Gasteiger partial charge in [-0.05, 0) is 62.0 Å². The highest BCUT2D eigenvalue weighted by Crippen LogP contribution is 2.55. The van der Waals surface area contributed by atoms with Crippen molar-refractivity contribution in [2.45, 2.75) is 49.9 Å². The number of anilines is 1. The maximum Gasteiger partial charge on any atom is 0.417 e. The van der Waals surface area contributed by atoms with E-state index < -0.39 is 17.8 Å². The van der Waals surface area contributed by atoms with Crippen molar-refractivity contribution in [3.63, 3.8) is 0 Å². The summed E-state index contributed by atoms with van der Waals surface area (Å²) >= 11 is 0.